The molecule has 1 heterocycles. The van der Waals surface area contributed by atoms with Gasteiger partial charge in [-0.25, -0.2) is 4.98 Å². The third kappa shape index (κ3) is 2.62. The van der Waals surface area contributed by atoms with Crippen LogP contribution in [0, 0.1) is 0 Å². The smallest absolute Gasteiger partial charge is 0.416 e. The van der Waals surface area contributed by atoms with E-state index in [4.69, 9.17) is 9.52 Å². The molecule has 0 saturated carbocycles. The van der Waals surface area contributed by atoms with Gasteiger partial charge in [0.05, 0.1) is 12.2 Å². The van der Waals surface area contributed by atoms with E-state index >= 15 is 0 Å². The van der Waals surface area contributed by atoms with Crippen LogP contribution in [0.25, 0.3) is 22.6 Å². The van der Waals surface area contributed by atoms with Crippen molar-refractivity contribution in [3.8, 4) is 11.5 Å². The average Bonchev–Trinajstić information content (AvgIpc) is 2.89. The van der Waals surface area contributed by atoms with Gasteiger partial charge in [0.25, 0.3) is 0 Å². The number of rotatable bonds is 2. The zero-order valence-corrected chi connectivity index (χ0v) is 10.7. The molecule has 0 atom stereocenters. The highest BCUT2D eigenvalue weighted by Crippen LogP contribution is 2.31. The van der Waals surface area contributed by atoms with Gasteiger partial charge in [0.1, 0.15) is 5.52 Å². The number of aliphatic hydroxyl groups is 1. The summed E-state index contributed by atoms with van der Waals surface area (Å²) in [5.74, 6) is 0.244. The van der Waals surface area contributed by atoms with Crippen LogP contribution in [0.15, 0.2) is 46.9 Å². The molecule has 0 aliphatic rings. The molecule has 0 aliphatic carbocycles. The quantitative estimate of drug-likeness (QED) is 0.776. The molecule has 0 aliphatic heterocycles. The van der Waals surface area contributed by atoms with Crippen LogP contribution in [0.3, 0.4) is 0 Å². The van der Waals surface area contributed by atoms with Crippen LogP contribution in [0.2, 0.25) is 0 Å². The molecule has 0 amide bonds. The van der Waals surface area contributed by atoms with Gasteiger partial charge >= 0.3 is 6.18 Å². The summed E-state index contributed by atoms with van der Waals surface area (Å²) in [6, 6.07) is 9.67. The molecule has 3 nitrogen and oxygen atoms in total. The highest BCUT2D eigenvalue weighted by molar-refractivity contribution is 5.76. The van der Waals surface area contributed by atoms with Crippen molar-refractivity contribution in [2.75, 3.05) is 0 Å². The van der Waals surface area contributed by atoms with Crippen molar-refractivity contribution in [2.24, 2.45) is 0 Å². The van der Waals surface area contributed by atoms with Crippen molar-refractivity contribution in [1.82, 2.24) is 4.98 Å². The van der Waals surface area contributed by atoms with E-state index in [9.17, 15) is 13.2 Å². The maximum Gasteiger partial charge on any atom is 0.416 e. The summed E-state index contributed by atoms with van der Waals surface area (Å²) in [6.45, 7) is -0.119. The average molecular weight is 293 g/mol. The van der Waals surface area contributed by atoms with Crippen molar-refractivity contribution < 1.29 is 22.7 Å². The lowest BCUT2D eigenvalue weighted by Gasteiger charge is -2.05. The van der Waals surface area contributed by atoms with Gasteiger partial charge in [0, 0.05) is 5.56 Å². The lowest BCUT2D eigenvalue weighted by Crippen LogP contribution is -2.03. The van der Waals surface area contributed by atoms with Gasteiger partial charge in [-0.2, -0.15) is 13.2 Å². The first kappa shape index (κ1) is 13.6. The molecule has 6 heteroatoms. The minimum Gasteiger partial charge on any atom is -0.436 e. The fourth-order valence-electron chi connectivity index (χ4n) is 1.99. The number of oxazole rings is 1. The van der Waals surface area contributed by atoms with Crippen molar-refractivity contribution in [3.05, 3.63) is 53.6 Å². The van der Waals surface area contributed by atoms with Crippen molar-refractivity contribution in [1.29, 1.82) is 0 Å². The lowest BCUT2D eigenvalue weighted by molar-refractivity contribution is -0.137. The molecule has 0 bridgehead atoms. The third-order valence-corrected chi connectivity index (χ3v) is 3.09. The molecule has 0 spiro atoms. The zero-order chi connectivity index (χ0) is 15.0. The number of halogens is 3. The standard InChI is InChI=1S/C15H10F3NO2/c16-15(17,18)11-4-2-10(3-5-11)14-19-12-6-1-9(8-20)7-13(12)21-14/h1-7,20H,8H2. The SMILES string of the molecule is OCc1ccc2nc(-c3ccc(C(F)(F)F)cc3)oc2c1. The van der Waals surface area contributed by atoms with Crippen LogP contribution in [-0.2, 0) is 12.8 Å². The molecule has 0 fully saturated rings. The third-order valence-electron chi connectivity index (χ3n) is 3.09. The topological polar surface area (TPSA) is 46.3 Å². The Bertz CT molecular complexity index is 776. The van der Waals surface area contributed by atoms with Crippen molar-refractivity contribution >= 4 is 11.1 Å². The van der Waals surface area contributed by atoms with Crippen LogP contribution in [-0.4, -0.2) is 10.1 Å². The van der Waals surface area contributed by atoms with Gasteiger partial charge in [-0.15, -0.1) is 0 Å². The summed E-state index contributed by atoms with van der Waals surface area (Å²) in [7, 11) is 0. The van der Waals surface area contributed by atoms with Crippen molar-refractivity contribution in [2.45, 2.75) is 12.8 Å². The second-order valence-corrected chi connectivity index (χ2v) is 4.55. The highest BCUT2D eigenvalue weighted by Gasteiger charge is 2.30. The number of fused-ring (bicyclic) bond motifs is 1. The summed E-state index contributed by atoms with van der Waals surface area (Å²) in [5.41, 5.74) is 1.49. The van der Waals surface area contributed by atoms with Gasteiger partial charge in [-0.3, -0.25) is 0 Å². The number of hydrogen-bond acceptors (Lipinski definition) is 3. The fraction of sp³-hybridized carbons (Fsp3) is 0.133. The van der Waals surface area contributed by atoms with Gasteiger partial charge in [0.15, 0.2) is 5.58 Å². The molecule has 1 aromatic heterocycles. The maximum absolute atomic E-state index is 12.5. The Morgan fingerprint density at radius 1 is 1.05 bits per heavy atom. The summed E-state index contributed by atoms with van der Waals surface area (Å²) in [5, 5.41) is 9.06. The summed E-state index contributed by atoms with van der Waals surface area (Å²) in [4.78, 5) is 4.22. The number of aromatic nitrogens is 1. The molecular weight excluding hydrogens is 283 g/mol. The Morgan fingerprint density at radius 3 is 2.38 bits per heavy atom. The minimum absolute atomic E-state index is 0.119. The minimum atomic E-state index is -4.37. The molecule has 0 unspecified atom stereocenters. The van der Waals surface area contributed by atoms with Gasteiger partial charge < -0.3 is 9.52 Å². The van der Waals surface area contributed by atoms with Gasteiger partial charge in [0.2, 0.25) is 5.89 Å². The Kier molecular flexibility index (Phi) is 3.17. The Balaban J connectivity index is 2.00. The van der Waals surface area contributed by atoms with E-state index in [1.165, 1.54) is 12.1 Å². The van der Waals surface area contributed by atoms with E-state index in [0.29, 0.717) is 22.2 Å². The van der Waals surface area contributed by atoms with E-state index < -0.39 is 11.7 Å². The highest BCUT2D eigenvalue weighted by atomic mass is 19.4. The van der Waals surface area contributed by atoms with Gasteiger partial charge in [-0.1, -0.05) is 6.07 Å². The second-order valence-electron chi connectivity index (χ2n) is 4.55. The maximum atomic E-state index is 12.5. The van der Waals surface area contributed by atoms with E-state index in [1.807, 2.05) is 0 Å². The van der Waals surface area contributed by atoms with E-state index in [-0.39, 0.29) is 12.5 Å². The predicted octanol–water partition coefficient (Wildman–Crippen LogP) is 4.01. The number of aliphatic hydroxyl groups excluding tert-OH is 1. The predicted molar refractivity (Wildman–Crippen MR) is 70.4 cm³/mol. The first-order valence-corrected chi connectivity index (χ1v) is 6.15. The molecule has 21 heavy (non-hydrogen) atoms. The molecule has 2 aromatic carbocycles. The largest absolute Gasteiger partial charge is 0.436 e. The normalized spacial score (nSPS) is 12.0. The van der Waals surface area contributed by atoms with Crippen LogP contribution >= 0.6 is 0 Å². The Labute approximate surface area is 117 Å². The molecular formula is C15H10F3NO2. The van der Waals surface area contributed by atoms with E-state index in [2.05, 4.69) is 4.98 Å². The number of benzene rings is 2. The van der Waals surface area contributed by atoms with Crippen LogP contribution in [0.4, 0.5) is 13.2 Å². The fourth-order valence-corrected chi connectivity index (χ4v) is 1.99. The molecule has 108 valence electrons. The number of nitrogens with zero attached hydrogens (tertiary/aromatic N) is 1. The van der Waals surface area contributed by atoms with E-state index in [0.717, 1.165) is 12.1 Å². The first-order valence-electron chi connectivity index (χ1n) is 6.15. The monoisotopic (exact) mass is 293 g/mol. The lowest BCUT2D eigenvalue weighted by atomic mass is 10.1. The molecule has 0 radical (unpaired) electrons. The van der Waals surface area contributed by atoms with E-state index in [1.54, 1.807) is 18.2 Å². The summed E-state index contributed by atoms with van der Waals surface area (Å²) in [6.07, 6.45) is -4.37. The first-order chi connectivity index (χ1) is 9.97. The summed E-state index contributed by atoms with van der Waals surface area (Å²) < 4.78 is 43.0. The van der Waals surface area contributed by atoms with Crippen LogP contribution in [0.1, 0.15) is 11.1 Å². The number of alkyl halides is 3. The summed E-state index contributed by atoms with van der Waals surface area (Å²) >= 11 is 0. The molecule has 3 rings (SSSR count). The van der Waals surface area contributed by atoms with Gasteiger partial charge in [-0.05, 0) is 42.0 Å². The second kappa shape index (κ2) is 4.89. The molecule has 3 aromatic rings. The molecule has 1 N–H and O–H groups in total. The molecule has 0 saturated heterocycles. The Morgan fingerprint density at radius 2 is 1.76 bits per heavy atom. The van der Waals surface area contributed by atoms with Crippen LogP contribution in [0.5, 0.6) is 0 Å². The zero-order valence-electron chi connectivity index (χ0n) is 10.7. The van der Waals surface area contributed by atoms with Crippen molar-refractivity contribution in [3.63, 3.8) is 0 Å². The number of hydrogen-bond donors (Lipinski definition) is 1. The van der Waals surface area contributed by atoms with Crippen LogP contribution < -0.4 is 0 Å². The Hall–Kier alpha value is -2.34.